The first-order chi connectivity index (χ1) is 7.18. The Morgan fingerprint density at radius 3 is 2.00 bits per heavy atom. The lowest BCUT2D eigenvalue weighted by Gasteiger charge is -2.24. The third-order valence-corrected chi connectivity index (χ3v) is 4.38. The Balaban J connectivity index is 3.65. The molecule has 0 rings (SSSR count). The van der Waals surface area contributed by atoms with Crippen LogP contribution in [0.25, 0.3) is 0 Å². The Labute approximate surface area is 94.5 Å². The largest absolute Gasteiger partial charge is 0.497 e. The van der Waals surface area contributed by atoms with E-state index >= 15 is 0 Å². The Bertz CT molecular complexity index is 141. The van der Waals surface area contributed by atoms with Crippen LogP contribution in [-0.2, 0) is 13.3 Å². The Hall–Kier alpha value is 0.0569. The van der Waals surface area contributed by atoms with Crippen molar-refractivity contribution in [3.05, 3.63) is 0 Å². The van der Waals surface area contributed by atoms with E-state index in [1.807, 2.05) is 20.4 Å². The van der Waals surface area contributed by atoms with Gasteiger partial charge in [-0.25, -0.2) is 0 Å². The van der Waals surface area contributed by atoms with E-state index in [1.54, 1.807) is 0 Å². The van der Waals surface area contributed by atoms with E-state index in [1.165, 1.54) is 0 Å². The van der Waals surface area contributed by atoms with Crippen molar-refractivity contribution in [2.75, 3.05) is 26.4 Å². The fourth-order valence-corrected chi connectivity index (χ4v) is 3.14. The Morgan fingerprint density at radius 2 is 1.53 bits per heavy atom. The first kappa shape index (κ1) is 15.1. The summed E-state index contributed by atoms with van der Waals surface area (Å²) in [6.07, 6.45) is 3.20. The molecule has 0 saturated heterocycles. The molecule has 4 nitrogen and oxygen atoms in total. The highest BCUT2D eigenvalue weighted by atomic mass is 28.4. The summed E-state index contributed by atoms with van der Waals surface area (Å²) in [5.41, 5.74) is 5.41. The van der Waals surface area contributed by atoms with Crippen molar-refractivity contribution in [3.63, 3.8) is 0 Å². The van der Waals surface area contributed by atoms with Crippen LogP contribution in [0.4, 0.5) is 0 Å². The van der Waals surface area contributed by atoms with Crippen LogP contribution in [0.2, 0.25) is 6.55 Å². The maximum Gasteiger partial charge on any atom is 0.497 e. The third-order valence-electron chi connectivity index (χ3n) is 2.03. The summed E-state index contributed by atoms with van der Waals surface area (Å²) in [6.45, 7) is 8.62. The van der Waals surface area contributed by atoms with Crippen LogP contribution in [-0.4, -0.2) is 35.2 Å². The van der Waals surface area contributed by atoms with E-state index in [-0.39, 0.29) is 0 Å². The van der Waals surface area contributed by atoms with Crippen molar-refractivity contribution >= 4 is 8.80 Å². The molecule has 2 N–H and O–H groups in total. The second-order valence-electron chi connectivity index (χ2n) is 3.43. The molecule has 0 heterocycles. The molecule has 0 spiro atoms. The van der Waals surface area contributed by atoms with Crippen LogP contribution >= 0.6 is 0 Å². The lowest BCUT2D eigenvalue weighted by Crippen LogP contribution is -2.42. The number of nitrogens with two attached hydrogens (primary N) is 1. The minimum Gasteiger partial charge on any atom is -0.374 e. The van der Waals surface area contributed by atoms with Gasteiger partial charge in [0.2, 0.25) is 0 Å². The molecule has 5 heteroatoms. The van der Waals surface area contributed by atoms with Crippen LogP contribution in [0.1, 0.15) is 33.1 Å². The van der Waals surface area contributed by atoms with Gasteiger partial charge in [-0.05, 0) is 39.7 Å². The predicted octanol–water partition coefficient (Wildman–Crippen LogP) is 1.77. The monoisotopic (exact) mass is 235 g/mol. The molecule has 0 radical (unpaired) electrons. The average molecular weight is 235 g/mol. The molecule has 0 aromatic heterocycles. The molecular weight excluding hydrogens is 210 g/mol. The SMILES string of the molecule is CCO[Si](C)(OCC)OCCCCCN. The lowest BCUT2D eigenvalue weighted by atomic mass is 10.2. The van der Waals surface area contributed by atoms with Crippen LogP contribution in [0.15, 0.2) is 0 Å². The molecule has 0 saturated carbocycles. The highest BCUT2D eigenvalue weighted by molar-refractivity contribution is 6.59. The molecule has 0 aliphatic rings. The predicted molar refractivity (Wildman–Crippen MR) is 63.7 cm³/mol. The summed E-state index contributed by atoms with van der Waals surface area (Å²) in [7, 11) is -2.34. The van der Waals surface area contributed by atoms with Crippen LogP contribution in [0.5, 0.6) is 0 Å². The zero-order valence-electron chi connectivity index (χ0n) is 10.3. The Morgan fingerprint density at radius 1 is 0.933 bits per heavy atom. The van der Waals surface area contributed by atoms with E-state index < -0.39 is 8.80 Å². The first-order valence-corrected chi connectivity index (χ1v) is 8.03. The van der Waals surface area contributed by atoms with Gasteiger partial charge < -0.3 is 19.0 Å². The second-order valence-corrected chi connectivity index (χ2v) is 6.02. The minimum absolute atomic E-state index is 0.644. The van der Waals surface area contributed by atoms with Gasteiger partial charge in [-0.2, -0.15) is 0 Å². The van der Waals surface area contributed by atoms with E-state index in [9.17, 15) is 0 Å². The summed E-state index contributed by atoms with van der Waals surface area (Å²) >= 11 is 0. The third kappa shape index (κ3) is 7.93. The molecule has 15 heavy (non-hydrogen) atoms. The molecule has 0 unspecified atom stereocenters. The van der Waals surface area contributed by atoms with Gasteiger partial charge in [0.05, 0.1) is 0 Å². The lowest BCUT2D eigenvalue weighted by molar-refractivity contribution is 0.0725. The van der Waals surface area contributed by atoms with Crippen molar-refractivity contribution in [3.8, 4) is 0 Å². The summed E-state index contributed by atoms with van der Waals surface area (Å²) in [6, 6.07) is 0. The van der Waals surface area contributed by atoms with Crippen molar-refractivity contribution in [1.82, 2.24) is 0 Å². The zero-order chi connectivity index (χ0) is 11.6. The van der Waals surface area contributed by atoms with E-state index in [2.05, 4.69) is 0 Å². The summed E-state index contributed by atoms with van der Waals surface area (Å²) in [5.74, 6) is 0. The van der Waals surface area contributed by atoms with E-state index in [0.29, 0.717) is 19.8 Å². The molecule has 0 aliphatic heterocycles. The van der Waals surface area contributed by atoms with Gasteiger partial charge in [0, 0.05) is 26.4 Å². The van der Waals surface area contributed by atoms with Gasteiger partial charge in [-0.15, -0.1) is 0 Å². The summed E-state index contributed by atoms with van der Waals surface area (Å²) in [5, 5.41) is 0. The van der Waals surface area contributed by atoms with Crippen molar-refractivity contribution in [1.29, 1.82) is 0 Å². The van der Waals surface area contributed by atoms with Crippen LogP contribution in [0, 0.1) is 0 Å². The number of unbranched alkanes of at least 4 members (excludes halogenated alkanes) is 2. The molecule has 92 valence electrons. The number of hydrogen-bond donors (Lipinski definition) is 1. The van der Waals surface area contributed by atoms with Gasteiger partial charge >= 0.3 is 8.80 Å². The molecular formula is C10H25NO3Si. The average Bonchev–Trinajstić information content (AvgIpc) is 2.18. The fourth-order valence-electron chi connectivity index (χ4n) is 1.33. The maximum absolute atomic E-state index is 5.71. The van der Waals surface area contributed by atoms with Crippen molar-refractivity contribution in [2.45, 2.75) is 39.7 Å². The normalized spacial score (nSPS) is 12.0. The molecule has 0 atom stereocenters. The fraction of sp³-hybridized carbons (Fsp3) is 1.00. The van der Waals surface area contributed by atoms with Crippen LogP contribution < -0.4 is 5.73 Å². The quantitative estimate of drug-likeness (QED) is 0.463. The standard InChI is InChI=1S/C10H25NO3Si/c1-4-12-15(3,13-5-2)14-10-8-6-7-9-11/h4-11H2,1-3H3. The maximum atomic E-state index is 5.71. The van der Waals surface area contributed by atoms with Gasteiger partial charge in [-0.1, -0.05) is 0 Å². The molecule has 0 aromatic rings. The smallest absolute Gasteiger partial charge is 0.374 e. The summed E-state index contributed by atoms with van der Waals surface area (Å²) in [4.78, 5) is 0. The van der Waals surface area contributed by atoms with Gasteiger partial charge in [0.1, 0.15) is 0 Å². The molecule has 0 aliphatic carbocycles. The number of rotatable bonds is 10. The molecule has 0 bridgehead atoms. The van der Waals surface area contributed by atoms with Gasteiger partial charge in [0.25, 0.3) is 0 Å². The molecule has 0 fully saturated rings. The topological polar surface area (TPSA) is 53.7 Å². The van der Waals surface area contributed by atoms with E-state index in [0.717, 1.165) is 25.8 Å². The first-order valence-electron chi connectivity index (χ1n) is 5.80. The Kier molecular flexibility index (Phi) is 9.33. The number of hydrogen-bond acceptors (Lipinski definition) is 4. The zero-order valence-corrected chi connectivity index (χ0v) is 11.3. The highest BCUT2D eigenvalue weighted by Gasteiger charge is 2.33. The van der Waals surface area contributed by atoms with Crippen LogP contribution in [0.3, 0.4) is 0 Å². The van der Waals surface area contributed by atoms with Gasteiger partial charge in [-0.3, -0.25) is 0 Å². The second kappa shape index (κ2) is 9.29. The highest BCUT2D eigenvalue weighted by Crippen LogP contribution is 2.10. The molecule has 0 amide bonds. The van der Waals surface area contributed by atoms with Crippen molar-refractivity contribution < 1.29 is 13.3 Å². The van der Waals surface area contributed by atoms with Crippen molar-refractivity contribution in [2.24, 2.45) is 5.73 Å². The van der Waals surface area contributed by atoms with Gasteiger partial charge in [0.15, 0.2) is 0 Å². The van der Waals surface area contributed by atoms with E-state index in [4.69, 9.17) is 19.0 Å². The summed E-state index contributed by atoms with van der Waals surface area (Å²) < 4.78 is 16.8. The minimum atomic E-state index is -2.34. The molecule has 0 aromatic carbocycles.